The highest BCUT2D eigenvalue weighted by Gasteiger charge is 2.13. The van der Waals surface area contributed by atoms with Crippen LogP contribution in [0.3, 0.4) is 0 Å². The Morgan fingerprint density at radius 2 is 1.83 bits per heavy atom. The van der Waals surface area contributed by atoms with Crippen molar-refractivity contribution in [2.45, 2.75) is 19.4 Å². The number of urea groups is 1. The Labute approximate surface area is 138 Å². The van der Waals surface area contributed by atoms with Gasteiger partial charge >= 0.3 is 6.03 Å². The third kappa shape index (κ3) is 5.75. The van der Waals surface area contributed by atoms with Crippen LogP contribution in [0.2, 0.25) is 0 Å². The molecule has 122 valence electrons. The molecule has 0 saturated heterocycles. The highest BCUT2D eigenvalue weighted by molar-refractivity contribution is 5.89. The van der Waals surface area contributed by atoms with Crippen LogP contribution in [0.15, 0.2) is 54.6 Å². The number of likely N-dealkylation sites (N-methyl/N-ethyl adjacent to an activating group) is 1. The molecule has 0 heterocycles. The molecular weight excluding hydrogens is 286 g/mol. The van der Waals surface area contributed by atoms with E-state index in [4.69, 9.17) is 0 Å². The van der Waals surface area contributed by atoms with Crippen LogP contribution in [0.1, 0.15) is 11.1 Å². The quantitative estimate of drug-likeness (QED) is 0.860. The van der Waals surface area contributed by atoms with Crippen LogP contribution in [0, 0.1) is 6.92 Å². The zero-order chi connectivity index (χ0) is 16.7. The van der Waals surface area contributed by atoms with Crippen LogP contribution >= 0.6 is 0 Å². The van der Waals surface area contributed by atoms with Gasteiger partial charge in [0.1, 0.15) is 0 Å². The summed E-state index contributed by atoms with van der Waals surface area (Å²) in [5.41, 5.74) is 3.21. The Hall–Kier alpha value is -2.33. The molecule has 0 bridgehead atoms. The third-order valence-corrected chi connectivity index (χ3v) is 3.82. The number of rotatable bonds is 6. The van der Waals surface area contributed by atoms with Crippen molar-refractivity contribution < 1.29 is 4.79 Å². The summed E-state index contributed by atoms with van der Waals surface area (Å²) in [5.74, 6) is 0. The van der Waals surface area contributed by atoms with Crippen molar-refractivity contribution in [2.75, 3.05) is 26.0 Å². The van der Waals surface area contributed by atoms with Crippen LogP contribution in [0.25, 0.3) is 0 Å². The van der Waals surface area contributed by atoms with Crippen LogP contribution in [-0.2, 0) is 6.42 Å². The van der Waals surface area contributed by atoms with Gasteiger partial charge in [0.25, 0.3) is 0 Å². The number of aryl methyl sites for hydroxylation is 1. The molecule has 0 saturated carbocycles. The molecule has 0 spiro atoms. The number of carbonyl (C=O) groups is 1. The van der Waals surface area contributed by atoms with E-state index in [1.807, 2.05) is 63.5 Å². The molecule has 0 fully saturated rings. The molecule has 2 aromatic carbocycles. The first kappa shape index (κ1) is 17.0. The summed E-state index contributed by atoms with van der Waals surface area (Å²) in [6.45, 7) is 2.60. The summed E-state index contributed by atoms with van der Waals surface area (Å²) in [7, 11) is 4.07. The number of hydrogen-bond acceptors (Lipinski definition) is 2. The summed E-state index contributed by atoms with van der Waals surface area (Å²) in [6, 6.07) is 18.2. The van der Waals surface area contributed by atoms with Crippen LogP contribution < -0.4 is 10.6 Å². The summed E-state index contributed by atoms with van der Waals surface area (Å²) in [5, 5.41) is 5.83. The zero-order valence-electron chi connectivity index (χ0n) is 14.0. The smallest absolute Gasteiger partial charge is 0.319 e. The first-order valence-electron chi connectivity index (χ1n) is 7.86. The second-order valence-corrected chi connectivity index (χ2v) is 6.01. The van der Waals surface area contributed by atoms with Gasteiger partial charge in [0.15, 0.2) is 0 Å². The number of nitrogens with one attached hydrogen (secondary N) is 2. The molecule has 0 radical (unpaired) electrons. The number of hydrogen-bond donors (Lipinski definition) is 2. The van der Waals surface area contributed by atoms with E-state index in [1.54, 1.807) is 0 Å². The van der Waals surface area contributed by atoms with Gasteiger partial charge in [-0.1, -0.05) is 42.5 Å². The predicted octanol–water partition coefficient (Wildman–Crippen LogP) is 3.29. The van der Waals surface area contributed by atoms with Crippen molar-refractivity contribution in [3.05, 3.63) is 65.7 Å². The van der Waals surface area contributed by atoms with Crippen LogP contribution in [-0.4, -0.2) is 37.6 Å². The second-order valence-electron chi connectivity index (χ2n) is 6.01. The average molecular weight is 311 g/mol. The summed E-state index contributed by atoms with van der Waals surface area (Å²) >= 11 is 0. The van der Waals surface area contributed by atoms with Gasteiger partial charge in [0.05, 0.1) is 0 Å². The fourth-order valence-corrected chi connectivity index (χ4v) is 2.43. The van der Waals surface area contributed by atoms with E-state index >= 15 is 0 Å². The number of anilines is 1. The predicted molar refractivity (Wildman–Crippen MR) is 95.8 cm³/mol. The Morgan fingerprint density at radius 1 is 1.09 bits per heavy atom. The Bertz CT molecular complexity index is 626. The van der Waals surface area contributed by atoms with E-state index in [2.05, 4.69) is 27.7 Å². The summed E-state index contributed by atoms with van der Waals surface area (Å²) in [4.78, 5) is 14.2. The van der Waals surface area contributed by atoms with E-state index < -0.39 is 0 Å². The number of carbonyl (C=O) groups excluding carboxylic acids is 1. The van der Waals surface area contributed by atoms with E-state index in [0.717, 1.165) is 17.7 Å². The molecule has 23 heavy (non-hydrogen) atoms. The fourth-order valence-electron chi connectivity index (χ4n) is 2.43. The monoisotopic (exact) mass is 311 g/mol. The largest absolute Gasteiger partial charge is 0.336 e. The van der Waals surface area contributed by atoms with Crippen molar-refractivity contribution in [3.8, 4) is 0 Å². The minimum Gasteiger partial charge on any atom is -0.336 e. The minimum atomic E-state index is -0.171. The van der Waals surface area contributed by atoms with Crippen molar-refractivity contribution in [1.82, 2.24) is 10.2 Å². The molecule has 2 rings (SSSR count). The van der Waals surface area contributed by atoms with Gasteiger partial charge in [-0.2, -0.15) is 0 Å². The lowest BCUT2D eigenvalue weighted by molar-refractivity contribution is 0.242. The minimum absolute atomic E-state index is 0.171. The van der Waals surface area contributed by atoms with Gasteiger partial charge in [-0.05, 0) is 50.7 Å². The molecule has 2 amide bonds. The molecule has 2 N–H and O–H groups in total. The number of amides is 2. The summed E-state index contributed by atoms with van der Waals surface area (Å²) in [6.07, 6.45) is 0.901. The first-order chi connectivity index (χ1) is 11.0. The van der Waals surface area contributed by atoms with Gasteiger partial charge in [-0.25, -0.2) is 4.79 Å². The maximum absolute atomic E-state index is 12.1. The molecule has 4 nitrogen and oxygen atoms in total. The lowest BCUT2D eigenvalue weighted by Gasteiger charge is -2.25. The molecule has 0 aliphatic rings. The van der Waals surface area contributed by atoms with Gasteiger partial charge in [-0.15, -0.1) is 0 Å². The van der Waals surface area contributed by atoms with Gasteiger partial charge < -0.3 is 15.5 Å². The van der Waals surface area contributed by atoms with Crippen LogP contribution in [0.5, 0.6) is 0 Å². The second kappa shape index (κ2) is 8.34. The van der Waals surface area contributed by atoms with Crippen molar-refractivity contribution in [2.24, 2.45) is 0 Å². The topological polar surface area (TPSA) is 44.4 Å². The molecule has 0 aliphatic heterocycles. The van der Waals surface area contributed by atoms with Gasteiger partial charge in [0, 0.05) is 18.3 Å². The van der Waals surface area contributed by atoms with Crippen molar-refractivity contribution >= 4 is 11.7 Å². The standard InChI is InChI=1S/C19H25N3O/c1-15-8-7-11-17(12-15)21-19(23)20-14-18(22(2)3)13-16-9-5-4-6-10-16/h4-12,18H,13-14H2,1-3H3,(H2,20,21,23)/t18-/m0/s1. The third-order valence-electron chi connectivity index (χ3n) is 3.82. The van der Waals surface area contributed by atoms with E-state index in [-0.39, 0.29) is 12.1 Å². The number of benzene rings is 2. The fraction of sp³-hybridized carbons (Fsp3) is 0.316. The molecule has 1 atom stereocenters. The van der Waals surface area contributed by atoms with Crippen molar-refractivity contribution in [3.63, 3.8) is 0 Å². The lowest BCUT2D eigenvalue weighted by atomic mass is 10.1. The normalized spacial score (nSPS) is 12.0. The van der Waals surface area contributed by atoms with E-state index in [1.165, 1.54) is 5.56 Å². The highest BCUT2D eigenvalue weighted by Crippen LogP contribution is 2.09. The molecular formula is C19H25N3O. The van der Waals surface area contributed by atoms with E-state index in [9.17, 15) is 4.79 Å². The molecule has 0 unspecified atom stereocenters. The molecule has 4 heteroatoms. The molecule has 0 aliphatic carbocycles. The molecule has 0 aromatic heterocycles. The zero-order valence-corrected chi connectivity index (χ0v) is 14.0. The number of nitrogens with zero attached hydrogens (tertiary/aromatic N) is 1. The maximum Gasteiger partial charge on any atom is 0.319 e. The average Bonchev–Trinajstić information content (AvgIpc) is 2.52. The van der Waals surface area contributed by atoms with Crippen molar-refractivity contribution in [1.29, 1.82) is 0 Å². The lowest BCUT2D eigenvalue weighted by Crippen LogP contribution is -2.43. The Morgan fingerprint density at radius 3 is 2.48 bits per heavy atom. The van der Waals surface area contributed by atoms with Gasteiger partial charge in [0.2, 0.25) is 0 Å². The maximum atomic E-state index is 12.1. The first-order valence-corrected chi connectivity index (χ1v) is 7.86. The SMILES string of the molecule is Cc1cccc(NC(=O)NC[C@H](Cc2ccccc2)N(C)C)c1. The van der Waals surface area contributed by atoms with E-state index in [0.29, 0.717) is 6.54 Å². The van der Waals surface area contributed by atoms with Gasteiger partial charge in [-0.3, -0.25) is 0 Å². The summed E-state index contributed by atoms with van der Waals surface area (Å²) < 4.78 is 0. The Kier molecular flexibility index (Phi) is 6.18. The van der Waals surface area contributed by atoms with Crippen LogP contribution in [0.4, 0.5) is 10.5 Å². The Balaban J connectivity index is 1.87. The highest BCUT2D eigenvalue weighted by atomic mass is 16.2. The molecule has 2 aromatic rings.